The maximum Gasteiger partial charge on any atom is 0.309 e. The molecule has 12 heteroatoms. The summed E-state index contributed by atoms with van der Waals surface area (Å²) in [7, 11) is -3.94. The van der Waals surface area contributed by atoms with Gasteiger partial charge in [0.2, 0.25) is 9.84 Å². The number of sulfone groups is 1. The Morgan fingerprint density at radius 2 is 1.90 bits per heavy atom. The van der Waals surface area contributed by atoms with E-state index in [4.69, 9.17) is 4.74 Å². The maximum atomic E-state index is 12.6. The fourth-order valence-electron chi connectivity index (χ4n) is 2.88. The van der Waals surface area contributed by atoms with Crippen LogP contribution in [-0.4, -0.2) is 36.8 Å². The van der Waals surface area contributed by atoms with E-state index < -0.39 is 33.2 Å². The second kappa shape index (κ2) is 8.66. The molecule has 1 saturated carbocycles. The quantitative estimate of drug-likeness (QED) is 0.393. The number of hydrogen-bond acceptors (Lipinski definition) is 9. The number of rotatable bonds is 7. The second-order valence-electron chi connectivity index (χ2n) is 6.38. The van der Waals surface area contributed by atoms with Crippen molar-refractivity contribution in [3.8, 4) is 0 Å². The third-order valence-electron chi connectivity index (χ3n) is 4.39. The number of carbonyl (C=O) groups is 2. The highest BCUT2D eigenvalue weighted by Crippen LogP contribution is 2.29. The van der Waals surface area contributed by atoms with Crippen LogP contribution in [0.15, 0.2) is 39.6 Å². The molecule has 0 unspecified atom stereocenters. The van der Waals surface area contributed by atoms with E-state index in [1.807, 2.05) is 0 Å². The number of non-ortho nitro benzene ring substituents is 1. The Labute approximate surface area is 170 Å². The smallest absolute Gasteiger partial charge is 0.309 e. The minimum Gasteiger partial charge on any atom is -0.455 e. The standard InChI is InChI=1S/C17H17N3O7S2/c21-14(10-27-16(22)11-3-1-2-4-11)19-17-18-9-15(28-17)29(25,26)13-7-5-12(6-8-13)20(23)24/h5-9,11H,1-4,10H2,(H,18,19,21). The van der Waals surface area contributed by atoms with Gasteiger partial charge < -0.3 is 4.74 Å². The van der Waals surface area contributed by atoms with E-state index in [-0.39, 0.29) is 25.8 Å². The van der Waals surface area contributed by atoms with Crippen molar-refractivity contribution in [2.24, 2.45) is 5.92 Å². The summed E-state index contributed by atoms with van der Waals surface area (Å²) >= 11 is 0.728. The van der Waals surface area contributed by atoms with Crippen LogP contribution in [0.25, 0.3) is 0 Å². The lowest BCUT2D eigenvalue weighted by molar-refractivity contribution is -0.384. The summed E-state index contributed by atoms with van der Waals surface area (Å²) in [5.41, 5.74) is -0.228. The first kappa shape index (κ1) is 20.9. The molecule has 0 bridgehead atoms. The van der Waals surface area contributed by atoms with Crippen molar-refractivity contribution >= 4 is 43.9 Å². The Hall–Kier alpha value is -2.86. The van der Waals surface area contributed by atoms with Gasteiger partial charge in [-0.15, -0.1) is 0 Å². The number of ether oxygens (including phenoxy) is 1. The molecular weight excluding hydrogens is 422 g/mol. The fourth-order valence-corrected chi connectivity index (χ4v) is 5.32. The topological polar surface area (TPSA) is 146 Å². The minimum atomic E-state index is -3.94. The molecule has 0 saturated heterocycles. The molecule has 1 N–H and O–H groups in total. The van der Waals surface area contributed by atoms with Gasteiger partial charge in [-0.05, 0) is 25.0 Å². The average molecular weight is 439 g/mol. The molecule has 0 aliphatic heterocycles. The van der Waals surface area contributed by atoms with Crippen LogP contribution in [0, 0.1) is 16.0 Å². The first-order chi connectivity index (χ1) is 13.8. The third kappa shape index (κ3) is 4.95. The highest BCUT2D eigenvalue weighted by Gasteiger charge is 2.25. The summed E-state index contributed by atoms with van der Waals surface area (Å²) in [4.78, 5) is 37.5. The largest absolute Gasteiger partial charge is 0.455 e. The van der Waals surface area contributed by atoms with Gasteiger partial charge >= 0.3 is 5.97 Å². The molecule has 29 heavy (non-hydrogen) atoms. The summed E-state index contributed by atoms with van der Waals surface area (Å²) < 4.78 is 30.0. The number of hydrogen-bond donors (Lipinski definition) is 1. The molecule has 1 aromatic heterocycles. The number of nitrogens with one attached hydrogen (secondary N) is 1. The molecule has 3 rings (SSSR count). The van der Waals surface area contributed by atoms with Crippen molar-refractivity contribution in [3.63, 3.8) is 0 Å². The van der Waals surface area contributed by atoms with Gasteiger partial charge in [0, 0.05) is 12.1 Å². The molecule has 1 fully saturated rings. The Morgan fingerprint density at radius 3 is 2.52 bits per heavy atom. The third-order valence-corrected chi connectivity index (χ3v) is 7.53. The van der Waals surface area contributed by atoms with Crippen LogP contribution in [0.4, 0.5) is 10.8 Å². The predicted octanol–water partition coefficient (Wildman–Crippen LogP) is 2.56. The van der Waals surface area contributed by atoms with Crippen LogP contribution in [0.5, 0.6) is 0 Å². The number of amides is 1. The van der Waals surface area contributed by atoms with Gasteiger partial charge in [0.15, 0.2) is 11.7 Å². The Kier molecular flexibility index (Phi) is 6.23. The van der Waals surface area contributed by atoms with Crippen molar-refractivity contribution in [2.45, 2.75) is 34.8 Å². The molecule has 1 heterocycles. The van der Waals surface area contributed by atoms with Crippen LogP contribution in [-0.2, 0) is 24.2 Å². The van der Waals surface area contributed by atoms with Gasteiger partial charge in [-0.3, -0.25) is 25.0 Å². The maximum absolute atomic E-state index is 12.6. The van der Waals surface area contributed by atoms with E-state index in [0.717, 1.165) is 67.5 Å². The van der Waals surface area contributed by atoms with E-state index in [1.54, 1.807) is 0 Å². The predicted molar refractivity (Wildman–Crippen MR) is 102 cm³/mol. The first-order valence-electron chi connectivity index (χ1n) is 8.69. The van der Waals surface area contributed by atoms with Crippen LogP contribution in [0.3, 0.4) is 0 Å². The zero-order chi connectivity index (χ0) is 21.0. The summed E-state index contributed by atoms with van der Waals surface area (Å²) in [6, 6.07) is 4.45. The minimum absolute atomic E-state index is 0.0346. The summed E-state index contributed by atoms with van der Waals surface area (Å²) in [5, 5.41) is 13.1. The highest BCUT2D eigenvalue weighted by molar-refractivity contribution is 7.93. The summed E-state index contributed by atoms with van der Waals surface area (Å²) in [5.74, 6) is -1.19. The van der Waals surface area contributed by atoms with Crippen molar-refractivity contribution in [1.29, 1.82) is 0 Å². The fraction of sp³-hybridized carbons (Fsp3) is 0.353. The molecule has 0 radical (unpaired) electrons. The number of benzene rings is 1. The Morgan fingerprint density at radius 1 is 1.24 bits per heavy atom. The normalized spacial score (nSPS) is 14.5. The first-order valence-corrected chi connectivity index (χ1v) is 11.0. The number of aromatic nitrogens is 1. The molecule has 1 aliphatic rings. The molecule has 1 amide bonds. The molecule has 2 aromatic rings. The Balaban J connectivity index is 1.61. The van der Waals surface area contributed by atoms with E-state index in [0.29, 0.717) is 0 Å². The lowest BCUT2D eigenvalue weighted by Crippen LogP contribution is -2.23. The average Bonchev–Trinajstić information content (AvgIpc) is 3.38. The number of thiazole rings is 1. The highest BCUT2D eigenvalue weighted by atomic mass is 32.2. The number of nitrogens with zero attached hydrogens (tertiary/aromatic N) is 2. The van der Waals surface area contributed by atoms with Crippen LogP contribution >= 0.6 is 11.3 Å². The van der Waals surface area contributed by atoms with Gasteiger partial charge in [0.1, 0.15) is 4.21 Å². The van der Waals surface area contributed by atoms with Gasteiger partial charge in [0.25, 0.3) is 11.6 Å². The van der Waals surface area contributed by atoms with Crippen LogP contribution < -0.4 is 5.32 Å². The van der Waals surface area contributed by atoms with Gasteiger partial charge in [-0.1, -0.05) is 24.2 Å². The zero-order valence-corrected chi connectivity index (χ0v) is 16.7. The van der Waals surface area contributed by atoms with Crippen LogP contribution in [0.2, 0.25) is 0 Å². The SMILES string of the molecule is O=C(COC(=O)C1CCCC1)Nc1ncc(S(=O)(=O)c2ccc([N+](=O)[O-])cc2)s1. The van der Waals surface area contributed by atoms with Gasteiger partial charge in [-0.25, -0.2) is 13.4 Å². The van der Waals surface area contributed by atoms with Crippen molar-refractivity contribution in [2.75, 3.05) is 11.9 Å². The number of nitro benzene ring substituents is 1. The monoisotopic (exact) mass is 439 g/mol. The summed E-state index contributed by atoms with van der Waals surface area (Å²) in [6.45, 7) is -0.473. The van der Waals surface area contributed by atoms with E-state index in [1.165, 1.54) is 0 Å². The lowest BCUT2D eigenvalue weighted by atomic mass is 10.1. The molecule has 0 spiro atoms. The lowest BCUT2D eigenvalue weighted by Gasteiger charge is -2.08. The molecule has 1 aliphatic carbocycles. The van der Waals surface area contributed by atoms with E-state index >= 15 is 0 Å². The molecule has 10 nitrogen and oxygen atoms in total. The number of nitro groups is 1. The zero-order valence-electron chi connectivity index (χ0n) is 15.1. The van der Waals surface area contributed by atoms with Crippen molar-refractivity contribution < 1.29 is 27.7 Å². The Bertz CT molecular complexity index is 1030. The van der Waals surface area contributed by atoms with E-state index in [2.05, 4.69) is 10.3 Å². The molecule has 154 valence electrons. The van der Waals surface area contributed by atoms with Crippen LogP contribution in [0.1, 0.15) is 25.7 Å². The molecule has 1 aromatic carbocycles. The number of esters is 1. The van der Waals surface area contributed by atoms with Gasteiger partial charge in [0.05, 0.1) is 21.9 Å². The van der Waals surface area contributed by atoms with E-state index in [9.17, 15) is 28.1 Å². The molecular formula is C17H17N3O7S2. The summed E-state index contributed by atoms with van der Waals surface area (Å²) in [6.07, 6.45) is 4.54. The second-order valence-corrected chi connectivity index (χ2v) is 9.58. The van der Waals surface area contributed by atoms with Gasteiger partial charge in [-0.2, -0.15) is 0 Å². The van der Waals surface area contributed by atoms with Crippen molar-refractivity contribution in [1.82, 2.24) is 4.98 Å². The number of carbonyl (C=O) groups excluding carboxylic acids is 2. The number of anilines is 1. The van der Waals surface area contributed by atoms with Crippen molar-refractivity contribution in [3.05, 3.63) is 40.6 Å². The molecule has 0 atom stereocenters.